The number of amides is 2. The number of hydrogen-bond acceptors (Lipinski definition) is 10. The molecule has 4 N–H and O–H groups in total. The molecule has 13 nitrogen and oxygen atoms in total. The Kier molecular flexibility index (Phi) is 7.58. The van der Waals surface area contributed by atoms with Gasteiger partial charge < -0.3 is 26.0 Å². The summed E-state index contributed by atoms with van der Waals surface area (Å²) in [6.45, 7) is 1.62. The third kappa shape index (κ3) is 5.42. The highest BCUT2D eigenvalue weighted by atomic mass is 35.5. The molecule has 0 saturated heterocycles. The summed E-state index contributed by atoms with van der Waals surface area (Å²) in [5, 5.41) is 27.2. The molecule has 0 aliphatic carbocycles. The zero-order valence-electron chi connectivity index (χ0n) is 22.0. The molecular weight excluding hydrogens is 536 g/mol. The second-order valence-corrected chi connectivity index (χ2v) is 9.59. The van der Waals surface area contributed by atoms with Gasteiger partial charge in [0.05, 0.1) is 35.8 Å². The summed E-state index contributed by atoms with van der Waals surface area (Å²) in [6.07, 6.45) is 4.60. The average Bonchev–Trinajstić information content (AvgIpc) is 3.53. The number of aliphatic hydroxyl groups is 1. The second kappa shape index (κ2) is 11.2. The number of carbonyl (C=O) groups excluding carboxylic acids is 2. The Balaban J connectivity index is 1.32. The molecule has 40 heavy (non-hydrogen) atoms. The maximum Gasteiger partial charge on any atom is 0.255 e. The van der Waals surface area contributed by atoms with Gasteiger partial charge in [-0.1, -0.05) is 23.7 Å². The number of benzene rings is 1. The van der Waals surface area contributed by atoms with E-state index < -0.39 is 12.1 Å². The maximum absolute atomic E-state index is 13.4. The number of fused-ring (bicyclic) bond motifs is 1. The van der Waals surface area contributed by atoms with Crippen molar-refractivity contribution < 1.29 is 14.7 Å². The van der Waals surface area contributed by atoms with Gasteiger partial charge in [-0.15, -0.1) is 5.10 Å². The monoisotopic (exact) mass is 562 g/mol. The van der Waals surface area contributed by atoms with Crippen LogP contribution >= 0.6 is 11.6 Å². The molecule has 206 valence electrons. The lowest BCUT2D eigenvalue weighted by Gasteiger charge is -2.26. The van der Waals surface area contributed by atoms with E-state index in [0.717, 1.165) is 5.56 Å². The van der Waals surface area contributed by atoms with Crippen LogP contribution in [0.2, 0.25) is 5.02 Å². The molecule has 1 aliphatic rings. The van der Waals surface area contributed by atoms with Gasteiger partial charge in [0.2, 0.25) is 11.9 Å². The highest BCUT2D eigenvalue weighted by Crippen LogP contribution is 2.32. The minimum atomic E-state index is -0.784. The molecule has 3 aromatic heterocycles. The minimum absolute atomic E-state index is 0.267. The normalized spacial score (nSPS) is 14.0. The molecule has 5 rings (SSSR count). The van der Waals surface area contributed by atoms with Gasteiger partial charge in [0.15, 0.2) is 5.82 Å². The zero-order chi connectivity index (χ0) is 28.4. The zero-order valence-corrected chi connectivity index (χ0v) is 22.7. The summed E-state index contributed by atoms with van der Waals surface area (Å²) < 4.78 is 0. The predicted molar refractivity (Wildman–Crippen MR) is 148 cm³/mol. The van der Waals surface area contributed by atoms with E-state index in [1.54, 1.807) is 45.4 Å². The summed E-state index contributed by atoms with van der Waals surface area (Å²) in [5.41, 5.74) is 2.99. The molecule has 4 aromatic rings. The summed E-state index contributed by atoms with van der Waals surface area (Å²) in [6, 6.07) is 7.40. The van der Waals surface area contributed by atoms with Crippen molar-refractivity contribution in [3.05, 3.63) is 70.6 Å². The van der Waals surface area contributed by atoms with E-state index in [9.17, 15) is 14.7 Å². The van der Waals surface area contributed by atoms with Crippen molar-refractivity contribution in [2.24, 2.45) is 7.05 Å². The Morgan fingerprint density at radius 2 is 2.00 bits per heavy atom. The number of carbonyl (C=O) groups is 2. The molecule has 0 fully saturated rings. The van der Waals surface area contributed by atoms with E-state index in [4.69, 9.17) is 11.6 Å². The fourth-order valence-corrected chi connectivity index (χ4v) is 4.60. The number of rotatable bonds is 9. The van der Waals surface area contributed by atoms with E-state index in [1.165, 1.54) is 22.1 Å². The Labute approximate surface area is 234 Å². The minimum Gasteiger partial charge on any atom is -0.394 e. The first-order chi connectivity index (χ1) is 19.3. The van der Waals surface area contributed by atoms with Crippen LogP contribution in [-0.2, 0) is 18.4 Å². The lowest BCUT2D eigenvalue weighted by Crippen LogP contribution is -2.46. The molecule has 4 heterocycles. The topological polar surface area (TPSA) is 163 Å². The molecule has 0 spiro atoms. The van der Waals surface area contributed by atoms with Crippen LogP contribution in [0.5, 0.6) is 0 Å². The lowest BCUT2D eigenvalue weighted by molar-refractivity contribution is -0.126. The van der Waals surface area contributed by atoms with Gasteiger partial charge in [-0.05, 0) is 36.2 Å². The third-order valence-corrected chi connectivity index (χ3v) is 6.86. The van der Waals surface area contributed by atoms with Gasteiger partial charge in [-0.25, -0.2) is 15.0 Å². The Morgan fingerprint density at radius 3 is 2.73 bits per heavy atom. The molecule has 1 aliphatic heterocycles. The highest BCUT2D eigenvalue weighted by Gasteiger charge is 2.35. The number of aromatic nitrogens is 6. The molecule has 14 heteroatoms. The predicted octanol–water partition coefficient (Wildman–Crippen LogP) is 2.30. The van der Waals surface area contributed by atoms with Crippen LogP contribution in [0.25, 0.3) is 11.3 Å². The van der Waals surface area contributed by atoms with E-state index in [0.29, 0.717) is 39.0 Å². The molecular formula is C26H27ClN10O3. The van der Waals surface area contributed by atoms with Crippen molar-refractivity contribution in [2.75, 3.05) is 24.3 Å². The van der Waals surface area contributed by atoms with Gasteiger partial charge in [-0.3, -0.25) is 9.59 Å². The van der Waals surface area contributed by atoms with Crippen molar-refractivity contribution in [3.63, 3.8) is 0 Å². The van der Waals surface area contributed by atoms with Crippen molar-refractivity contribution in [2.45, 2.75) is 25.6 Å². The molecule has 1 aromatic carbocycles. The van der Waals surface area contributed by atoms with Crippen LogP contribution in [0.15, 0.2) is 48.9 Å². The highest BCUT2D eigenvalue weighted by molar-refractivity contribution is 6.33. The first-order valence-electron chi connectivity index (χ1n) is 12.4. The number of nitrogens with one attached hydrogen (secondary N) is 3. The Morgan fingerprint density at radius 1 is 1.18 bits per heavy atom. The van der Waals surface area contributed by atoms with E-state index in [1.807, 2.05) is 12.1 Å². The smallest absolute Gasteiger partial charge is 0.255 e. The van der Waals surface area contributed by atoms with Gasteiger partial charge in [-0.2, -0.15) is 9.90 Å². The first kappa shape index (κ1) is 27.0. The molecule has 0 unspecified atom stereocenters. The Hall–Kier alpha value is -4.62. The number of hydrogen-bond donors (Lipinski definition) is 4. The van der Waals surface area contributed by atoms with Crippen molar-refractivity contribution in [1.82, 2.24) is 40.2 Å². The number of pyridine rings is 1. The van der Waals surface area contributed by atoms with Crippen molar-refractivity contribution >= 4 is 41.0 Å². The van der Waals surface area contributed by atoms with E-state index in [2.05, 4.69) is 41.1 Å². The van der Waals surface area contributed by atoms with Crippen LogP contribution < -0.4 is 16.0 Å². The summed E-state index contributed by atoms with van der Waals surface area (Å²) in [5.74, 6) is 0.678. The van der Waals surface area contributed by atoms with Crippen molar-refractivity contribution in [1.29, 1.82) is 0 Å². The average molecular weight is 563 g/mol. The molecule has 2 atom stereocenters. The van der Waals surface area contributed by atoms with Gasteiger partial charge in [0, 0.05) is 38.0 Å². The second-order valence-electron chi connectivity index (χ2n) is 9.18. The number of nitrogens with zero attached hydrogens (tertiary/aromatic N) is 7. The first-order valence-corrected chi connectivity index (χ1v) is 12.8. The summed E-state index contributed by atoms with van der Waals surface area (Å²) >= 11 is 6.42. The van der Waals surface area contributed by atoms with E-state index >= 15 is 0 Å². The lowest BCUT2D eigenvalue weighted by atomic mass is 10.0. The fraction of sp³-hybridized carbons (Fsp3) is 0.269. The largest absolute Gasteiger partial charge is 0.394 e. The number of halogens is 1. The SMILES string of the molecule is CNc1cc([C@@H](CO)NC(=O)[C@@H](C)N2Cc3ccc(-c4nc(Nc5cnn(C)n5)ncc4Cl)cc3C2=O)ccn1. The van der Waals surface area contributed by atoms with Gasteiger partial charge in [0.1, 0.15) is 11.9 Å². The van der Waals surface area contributed by atoms with Crippen LogP contribution in [0, 0.1) is 0 Å². The number of aliphatic hydroxyl groups excluding tert-OH is 1. The van der Waals surface area contributed by atoms with E-state index in [-0.39, 0.29) is 30.9 Å². The van der Waals surface area contributed by atoms with Gasteiger partial charge in [0.25, 0.3) is 5.91 Å². The maximum atomic E-state index is 13.4. The number of anilines is 3. The molecule has 0 radical (unpaired) electrons. The summed E-state index contributed by atoms with van der Waals surface area (Å²) in [4.78, 5) is 42.3. The van der Waals surface area contributed by atoms with Crippen LogP contribution in [0.1, 0.15) is 34.5 Å². The van der Waals surface area contributed by atoms with Crippen LogP contribution in [0.4, 0.5) is 17.6 Å². The standard InChI is InChI=1S/C26H27ClN10O3/c1-14(24(39)32-20(13-38)15-6-7-29-21(9-15)28-2)37-12-17-5-4-16(8-18(17)25(37)40)23-19(27)10-30-26(34-23)33-22-11-31-36(3)35-22/h4-11,14,20,38H,12-13H2,1-3H3,(H,28,29)(H,32,39)(H,30,33,34,35)/t14-,20-/m1/s1. The fourth-order valence-electron chi connectivity index (χ4n) is 4.40. The van der Waals surface area contributed by atoms with Crippen LogP contribution in [0.3, 0.4) is 0 Å². The summed E-state index contributed by atoms with van der Waals surface area (Å²) in [7, 11) is 3.43. The Bertz CT molecular complexity index is 1580. The van der Waals surface area contributed by atoms with Gasteiger partial charge >= 0.3 is 0 Å². The van der Waals surface area contributed by atoms with Crippen molar-refractivity contribution in [3.8, 4) is 11.3 Å². The molecule has 0 saturated carbocycles. The molecule has 0 bridgehead atoms. The molecule has 2 amide bonds. The van der Waals surface area contributed by atoms with Crippen LogP contribution in [-0.4, -0.2) is 71.5 Å². The number of aryl methyl sites for hydroxylation is 1. The quantitative estimate of drug-likeness (QED) is 0.238. The third-order valence-electron chi connectivity index (χ3n) is 6.59.